The number of carbonyl (C=O) groups excluding carboxylic acids is 1. The standard InChI is InChI=1S/C15H22N2O2S/c1-17-12-4-5-13(17)8-10(7-12)15-16-11(9-20-15)3-6-14(18)19-2/h9-10,12-13H,3-8H2,1-2H3. The van der Waals surface area contributed by atoms with E-state index in [4.69, 9.17) is 4.98 Å². The van der Waals surface area contributed by atoms with Gasteiger partial charge in [0.2, 0.25) is 0 Å². The molecule has 2 aliphatic heterocycles. The van der Waals surface area contributed by atoms with E-state index >= 15 is 0 Å². The molecule has 2 aliphatic rings. The summed E-state index contributed by atoms with van der Waals surface area (Å²) in [5, 5.41) is 3.38. The van der Waals surface area contributed by atoms with E-state index < -0.39 is 0 Å². The molecule has 3 heterocycles. The summed E-state index contributed by atoms with van der Waals surface area (Å²) in [5.74, 6) is 0.470. The quantitative estimate of drug-likeness (QED) is 0.801. The van der Waals surface area contributed by atoms with Crippen LogP contribution in [0.25, 0.3) is 0 Å². The summed E-state index contributed by atoms with van der Waals surface area (Å²) in [4.78, 5) is 18.5. The van der Waals surface area contributed by atoms with Crippen molar-refractivity contribution in [1.82, 2.24) is 9.88 Å². The van der Waals surface area contributed by atoms with E-state index in [2.05, 4.69) is 22.1 Å². The highest BCUT2D eigenvalue weighted by Gasteiger charge is 2.39. The van der Waals surface area contributed by atoms with Crippen LogP contribution in [0.1, 0.15) is 48.7 Å². The SMILES string of the molecule is COC(=O)CCc1csc(C2CC3CCC(C2)N3C)n1. The lowest BCUT2D eigenvalue weighted by atomic mass is 9.92. The molecule has 2 saturated heterocycles. The van der Waals surface area contributed by atoms with Crippen LogP contribution in [0, 0.1) is 0 Å². The fourth-order valence-electron chi connectivity index (χ4n) is 3.57. The zero-order chi connectivity index (χ0) is 14.1. The molecule has 1 aromatic rings. The van der Waals surface area contributed by atoms with Gasteiger partial charge < -0.3 is 9.64 Å². The Morgan fingerprint density at radius 2 is 2.15 bits per heavy atom. The normalized spacial score (nSPS) is 29.6. The highest BCUT2D eigenvalue weighted by molar-refractivity contribution is 7.09. The number of hydrogen-bond donors (Lipinski definition) is 0. The third kappa shape index (κ3) is 2.74. The number of piperidine rings is 1. The Kier molecular flexibility index (Phi) is 4.08. The fourth-order valence-corrected chi connectivity index (χ4v) is 4.55. The number of esters is 1. The lowest BCUT2D eigenvalue weighted by Crippen LogP contribution is -2.39. The van der Waals surface area contributed by atoms with Gasteiger partial charge in [-0.25, -0.2) is 4.98 Å². The molecule has 4 nitrogen and oxygen atoms in total. The summed E-state index contributed by atoms with van der Waals surface area (Å²) in [5.41, 5.74) is 1.04. The molecule has 5 heteroatoms. The van der Waals surface area contributed by atoms with Gasteiger partial charge in [0.25, 0.3) is 0 Å². The van der Waals surface area contributed by atoms with Crippen molar-refractivity contribution in [2.75, 3.05) is 14.2 Å². The van der Waals surface area contributed by atoms with Crippen LogP contribution < -0.4 is 0 Å². The first-order valence-corrected chi connectivity index (χ1v) is 8.28. The van der Waals surface area contributed by atoms with Gasteiger partial charge in [-0.3, -0.25) is 4.79 Å². The van der Waals surface area contributed by atoms with Crippen molar-refractivity contribution in [2.24, 2.45) is 0 Å². The van der Waals surface area contributed by atoms with Crippen LogP contribution in [-0.2, 0) is 16.0 Å². The third-order valence-electron chi connectivity index (χ3n) is 4.83. The smallest absolute Gasteiger partial charge is 0.305 e. The van der Waals surface area contributed by atoms with Crippen LogP contribution in [-0.4, -0.2) is 42.1 Å². The molecule has 1 aromatic heterocycles. The van der Waals surface area contributed by atoms with E-state index in [1.54, 1.807) is 11.3 Å². The second-order valence-corrected chi connectivity index (χ2v) is 6.86. The number of carbonyl (C=O) groups is 1. The summed E-state index contributed by atoms with van der Waals surface area (Å²) in [6, 6.07) is 1.50. The van der Waals surface area contributed by atoms with Gasteiger partial charge in [0.05, 0.1) is 24.2 Å². The molecule has 0 amide bonds. The Morgan fingerprint density at radius 3 is 2.80 bits per heavy atom. The van der Waals surface area contributed by atoms with E-state index in [0.29, 0.717) is 18.8 Å². The number of ether oxygens (including phenoxy) is 1. The second kappa shape index (κ2) is 5.82. The topological polar surface area (TPSA) is 42.4 Å². The van der Waals surface area contributed by atoms with Crippen LogP contribution in [0.2, 0.25) is 0 Å². The van der Waals surface area contributed by atoms with Crippen LogP contribution in [0.3, 0.4) is 0 Å². The Morgan fingerprint density at radius 1 is 1.45 bits per heavy atom. The molecule has 0 spiro atoms. The first-order valence-electron chi connectivity index (χ1n) is 7.40. The molecule has 0 N–H and O–H groups in total. The van der Waals surface area contributed by atoms with Gasteiger partial charge in [0.1, 0.15) is 0 Å². The van der Waals surface area contributed by atoms with Gasteiger partial charge in [-0.2, -0.15) is 0 Å². The number of aryl methyl sites for hydroxylation is 1. The minimum absolute atomic E-state index is 0.156. The molecule has 2 atom stereocenters. The highest BCUT2D eigenvalue weighted by Crippen LogP contribution is 2.42. The molecule has 2 bridgehead atoms. The molecule has 110 valence electrons. The van der Waals surface area contributed by atoms with Crippen molar-refractivity contribution in [3.63, 3.8) is 0 Å². The number of thiazole rings is 1. The number of fused-ring (bicyclic) bond motifs is 2. The number of rotatable bonds is 4. The molecule has 20 heavy (non-hydrogen) atoms. The lowest BCUT2D eigenvalue weighted by molar-refractivity contribution is -0.140. The predicted octanol–water partition coefficient (Wildman–Crippen LogP) is 2.59. The maximum atomic E-state index is 11.2. The monoisotopic (exact) mass is 294 g/mol. The minimum Gasteiger partial charge on any atom is -0.469 e. The van der Waals surface area contributed by atoms with Crippen molar-refractivity contribution in [3.8, 4) is 0 Å². The molecular weight excluding hydrogens is 272 g/mol. The summed E-state index contributed by atoms with van der Waals surface area (Å²) in [7, 11) is 3.70. The van der Waals surface area contributed by atoms with Gasteiger partial charge in [-0.15, -0.1) is 11.3 Å². The summed E-state index contributed by atoms with van der Waals surface area (Å²) in [6.45, 7) is 0. The Bertz CT molecular complexity index is 474. The molecule has 0 aliphatic carbocycles. The number of aromatic nitrogens is 1. The van der Waals surface area contributed by atoms with Crippen LogP contribution in [0.15, 0.2) is 5.38 Å². The van der Waals surface area contributed by atoms with Crippen molar-refractivity contribution < 1.29 is 9.53 Å². The zero-order valence-corrected chi connectivity index (χ0v) is 13.0. The maximum Gasteiger partial charge on any atom is 0.305 e. The first-order chi connectivity index (χ1) is 9.67. The Balaban J connectivity index is 1.61. The largest absolute Gasteiger partial charge is 0.469 e. The summed E-state index contributed by atoms with van der Waals surface area (Å²) in [6.07, 6.45) is 6.31. The third-order valence-corrected chi connectivity index (χ3v) is 5.89. The number of methoxy groups -OCH3 is 1. The van der Waals surface area contributed by atoms with Crippen molar-refractivity contribution in [1.29, 1.82) is 0 Å². The zero-order valence-electron chi connectivity index (χ0n) is 12.2. The van der Waals surface area contributed by atoms with E-state index in [9.17, 15) is 4.79 Å². The maximum absolute atomic E-state index is 11.2. The fraction of sp³-hybridized carbons (Fsp3) is 0.733. The number of nitrogens with zero attached hydrogens (tertiary/aromatic N) is 2. The summed E-state index contributed by atoms with van der Waals surface area (Å²) >= 11 is 1.77. The first kappa shape index (κ1) is 14.0. The van der Waals surface area contributed by atoms with E-state index in [0.717, 1.165) is 17.8 Å². The molecule has 0 saturated carbocycles. The molecule has 0 radical (unpaired) electrons. The van der Waals surface area contributed by atoms with E-state index in [1.165, 1.54) is 37.8 Å². The second-order valence-electron chi connectivity index (χ2n) is 5.97. The Hall–Kier alpha value is -0.940. The molecular formula is C15H22N2O2S. The average Bonchev–Trinajstić information content (AvgIpc) is 2.98. The van der Waals surface area contributed by atoms with Gasteiger partial charge in [-0.1, -0.05) is 0 Å². The van der Waals surface area contributed by atoms with Gasteiger partial charge in [-0.05, 0) is 32.7 Å². The molecule has 2 unspecified atom stereocenters. The number of hydrogen-bond acceptors (Lipinski definition) is 5. The summed E-state index contributed by atoms with van der Waals surface area (Å²) < 4.78 is 4.67. The van der Waals surface area contributed by atoms with Crippen LogP contribution >= 0.6 is 11.3 Å². The van der Waals surface area contributed by atoms with Crippen molar-refractivity contribution in [3.05, 3.63) is 16.1 Å². The van der Waals surface area contributed by atoms with Gasteiger partial charge in [0, 0.05) is 29.8 Å². The Labute approximate surface area is 124 Å². The van der Waals surface area contributed by atoms with Crippen LogP contribution in [0.4, 0.5) is 0 Å². The van der Waals surface area contributed by atoms with Crippen LogP contribution in [0.5, 0.6) is 0 Å². The van der Waals surface area contributed by atoms with E-state index in [-0.39, 0.29) is 5.97 Å². The van der Waals surface area contributed by atoms with E-state index in [1.807, 2.05) is 0 Å². The molecule has 3 rings (SSSR count). The van der Waals surface area contributed by atoms with Gasteiger partial charge >= 0.3 is 5.97 Å². The molecule has 2 fully saturated rings. The highest BCUT2D eigenvalue weighted by atomic mass is 32.1. The van der Waals surface area contributed by atoms with Crippen molar-refractivity contribution >= 4 is 17.3 Å². The average molecular weight is 294 g/mol. The minimum atomic E-state index is -0.156. The predicted molar refractivity (Wildman–Crippen MR) is 79.0 cm³/mol. The molecule has 0 aromatic carbocycles. The lowest BCUT2D eigenvalue weighted by Gasteiger charge is -2.35. The van der Waals surface area contributed by atoms with Crippen molar-refractivity contribution in [2.45, 2.75) is 56.5 Å². The van der Waals surface area contributed by atoms with Gasteiger partial charge in [0.15, 0.2) is 0 Å².